The average molecular weight is 281 g/mol. The van der Waals surface area contributed by atoms with Gasteiger partial charge in [-0.25, -0.2) is 4.39 Å². The zero-order valence-corrected chi connectivity index (χ0v) is 11.4. The average Bonchev–Trinajstić information content (AvgIpc) is 2.50. The SMILES string of the molecule is CC(C#N)Cn1c(-c2ccc(F)cc2)ccc(C#N)c1=O. The lowest BCUT2D eigenvalue weighted by atomic mass is 10.1. The molecule has 1 aromatic heterocycles. The van der Waals surface area contributed by atoms with Gasteiger partial charge < -0.3 is 4.57 Å². The topological polar surface area (TPSA) is 69.6 Å². The van der Waals surface area contributed by atoms with Crippen molar-refractivity contribution < 1.29 is 4.39 Å². The van der Waals surface area contributed by atoms with Crippen molar-refractivity contribution in [3.63, 3.8) is 0 Å². The zero-order chi connectivity index (χ0) is 15.4. The third kappa shape index (κ3) is 2.98. The second kappa shape index (κ2) is 6.02. The maximum atomic E-state index is 13.0. The van der Waals surface area contributed by atoms with Gasteiger partial charge in [-0.15, -0.1) is 0 Å². The van der Waals surface area contributed by atoms with E-state index in [0.717, 1.165) is 0 Å². The molecule has 1 heterocycles. The first-order chi connectivity index (χ1) is 10.1. The van der Waals surface area contributed by atoms with Gasteiger partial charge >= 0.3 is 0 Å². The van der Waals surface area contributed by atoms with Gasteiger partial charge in [0, 0.05) is 6.54 Å². The Morgan fingerprint density at radius 1 is 1.19 bits per heavy atom. The van der Waals surface area contributed by atoms with Crippen molar-refractivity contribution in [1.29, 1.82) is 10.5 Å². The molecule has 5 heteroatoms. The number of benzene rings is 1. The van der Waals surface area contributed by atoms with Crippen LogP contribution in [0.3, 0.4) is 0 Å². The summed E-state index contributed by atoms with van der Waals surface area (Å²) in [5.41, 5.74) is 0.789. The van der Waals surface area contributed by atoms with Gasteiger partial charge in [0.15, 0.2) is 0 Å². The van der Waals surface area contributed by atoms with E-state index in [1.54, 1.807) is 25.1 Å². The maximum Gasteiger partial charge on any atom is 0.268 e. The second-order valence-corrected chi connectivity index (χ2v) is 4.70. The summed E-state index contributed by atoms with van der Waals surface area (Å²) in [6.07, 6.45) is 0. The minimum absolute atomic E-state index is 0.0194. The Morgan fingerprint density at radius 2 is 1.86 bits per heavy atom. The van der Waals surface area contributed by atoms with E-state index >= 15 is 0 Å². The predicted octanol–water partition coefficient (Wildman–Crippen LogP) is 2.69. The third-order valence-corrected chi connectivity index (χ3v) is 3.11. The van der Waals surface area contributed by atoms with E-state index in [-0.39, 0.29) is 23.8 Å². The minimum Gasteiger partial charge on any atom is -0.306 e. The summed E-state index contributed by atoms with van der Waals surface area (Å²) in [5.74, 6) is -0.748. The molecule has 0 spiro atoms. The molecule has 0 saturated heterocycles. The Labute approximate surface area is 121 Å². The van der Waals surface area contributed by atoms with Gasteiger partial charge in [-0.05, 0) is 48.9 Å². The fraction of sp³-hybridized carbons (Fsp3) is 0.188. The molecule has 0 N–H and O–H groups in total. The predicted molar refractivity (Wildman–Crippen MR) is 75.6 cm³/mol. The van der Waals surface area contributed by atoms with Crippen LogP contribution in [0.4, 0.5) is 4.39 Å². The first-order valence-corrected chi connectivity index (χ1v) is 6.36. The highest BCUT2D eigenvalue weighted by Gasteiger charge is 2.13. The summed E-state index contributed by atoms with van der Waals surface area (Å²) in [7, 11) is 0. The molecule has 21 heavy (non-hydrogen) atoms. The van der Waals surface area contributed by atoms with E-state index in [1.807, 2.05) is 6.07 Å². The maximum absolute atomic E-state index is 13.0. The second-order valence-electron chi connectivity index (χ2n) is 4.70. The number of pyridine rings is 1. The van der Waals surface area contributed by atoms with Crippen molar-refractivity contribution in [3.05, 3.63) is 58.1 Å². The van der Waals surface area contributed by atoms with Crippen LogP contribution in [-0.4, -0.2) is 4.57 Å². The number of nitriles is 2. The highest BCUT2D eigenvalue weighted by Crippen LogP contribution is 2.19. The molecule has 0 saturated carbocycles. The van der Waals surface area contributed by atoms with E-state index in [0.29, 0.717) is 11.3 Å². The first kappa shape index (κ1) is 14.5. The summed E-state index contributed by atoms with van der Waals surface area (Å²) >= 11 is 0. The van der Waals surface area contributed by atoms with Crippen LogP contribution < -0.4 is 5.56 Å². The van der Waals surface area contributed by atoms with E-state index in [2.05, 4.69) is 6.07 Å². The molecule has 0 aliphatic rings. The van der Waals surface area contributed by atoms with Crippen LogP contribution in [0.15, 0.2) is 41.2 Å². The van der Waals surface area contributed by atoms with E-state index in [4.69, 9.17) is 10.5 Å². The fourth-order valence-corrected chi connectivity index (χ4v) is 2.03. The number of hydrogen-bond donors (Lipinski definition) is 0. The van der Waals surface area contributed by atoms with E-state index in [1.165, 1.54) is 22.8 Å². The summed E-state index contributed by atoms with van der Waals surface area (Å²) in [5, 5.41) is 17.9. The molecule has 1 unspecified atom stereocenters. The summed E-state index contributed by atoms with van der Waals surface area (Å²) in [4.78, 5) is 12.3. The number of hydrogen-bond acceptors (Lipinski definition) is 3. The lowest BCUT2D eigenvalue weighted by Crippen LogP contribution is -2.26. The Kier molecular flexibility index (Phi) is 4.15. The van der Waals surface area contributed by atoms with Gasteiger partial charge in [0.25, 0.3) is 5.56 Å². The Morgan fingerprint density at radius 3 is 2.43 bits per heavy atom. The summed E-state index contributed by atoms with van der Waals surface area (Å²) in [6.45, 7) is 1.87. The normalized spacial score (nSPS) is 11.4. The lowest BCUT2D eigenvalue weighted by molar-refractivity contribution is 0.568. The molecule has 2 aromatic rings. The highest BCUT2D eigenvalue weighted by molar-refractivity contribution is 5.60. The monoisotopic (exact) mass is 281 g/mol. The van der Waals surface area contributed by atoms with Gasteiger partial charge in [-0.3, -0.25) is 4.79 Å². The molecule has 104 valence electrons. The molecular weight excluding hydrogens is 269 g/mol. The molecule has 0 bridgehead atoms. The van der Waals surface area contributed by atoms with Crippen molar-refractivity contribution in [2.75, 3.05) is 0 Å². The Hall–Kier alpha value is -2.92. The molecule has 1 aromatic carbocycles. The van der Waals surface area contributed by atoms with E-state index in [9.17, 15) is 9.18 Å². The van der Waals surface area contributed by atoms with Crippen LogP contribution in [0.1, 0.15) is 12.5 Å². The van der Waals surface area contributed by atoms with Crippen LogP contribution >= 0.6 is 0 Å². The quantitative estimate of drug-likeness (QED) is 0.868. The minimum atomic E-state index is -0.443. The summed E-state index contributed by atoms with van der Waals surface area (Å²) < 4.78 is 14.4. The largest absolute Gasteiger partial charge is 0.306 e. The molecule has 0 radical (unpaired) electrons. The van der Waals surface area contributed by atoms with E-state index < -0.39 is 5.56 Å². The fourth-order valence-electron chi connectivity index (χ4n) is 2.03. The molecule has 4 nitrogen and oxygen atoms in total. The standard InChI is InChI=1S/C16H12FN3O/c1-11(8-18)10-20-15(7-4-13(9-19)16(20)21)12-2-5-14(17)6-3-12/h2-7,11H,10H2,1H3. The smallest absolute Gasteiger partial charge is 0.268 e. The van der Waals surface area contributed by atoms with Crippen LogP contribution in [0.25, 0.3) is 11.3 Å². The molecule has 0 aliphatic heterocycles. The van der Waals surface area contributed by atoms with Crippen LogP contribution in [0.5, 0.6) is 0 Å². The third-order valence-electron chi connectivity index (χ3n) is 3.11. The Balaban J connectivity index is 2.63. The lowest BCUT2D eigenvalue weighted by Gasteiger charge is -2.14. The molecule has 1 atom stereocenters. The highest BCUT2D eigenvalue weighted by atomic mass is 19.1. The number of aromatic nitrogens is 1. The van der Waals surface area contributed by atoms with Gasteiger partial charge in [-0.2, -0.15) is 10.5 Å². The number of halogens is 1. The van der Waals surface area contributed by atoms with Crippen molar-refractivity contribution in [1.82, 2.24) is 4.57 Å². The first-order valence-electron chi connectivity index (χ1n) is 6.36. The van der Waals surface area contributed by atoms with Crippen LogP contribution in [0, 0.1) is 34.4 Å². The Bertz CT molecular complexity index is 794. The number of nitrogens with zero attached hydrogens (tertiary/aromatic N) is 3. The van der Waals surface area contributed by atoms with Crippen LogP contribution in [0.2, 0.25) is 0 Å². The molecule has 0 aliphatic carbocycles. The van der Waals surface area contributed by atoms with Gasteiger partial charge in [-0.1, -0.05) is 0 Å². The zero-order valence-electron chi connectivity index (χ0n) is 11.4. The number of rotatable bonds is 3. The van der Waals surface area contributed by atoms with Crippen molar-refractivity contribution >= 4 is 0 Å². The van der Waals surface area contributed by atoms with Gasteiger partial charge in [0.2, 0.25) is 0 Å². The van der Waals surface area contributed by atoms with Crippen LogP contribution in [-0.2, 0) is 6.54 Å². The summed E-state index contributed by atoms with van der Waals surface area (Å²) in [6, 6.07) is 12.7. The molecular formula is C16H12FN3O. The molecule has 2 rings (SSSR count). The molecule has 0 amide bonds. The van der Waals surface area contributed by atoms with Gasteiger partial charge in [0.05, 0.1) is 17.7 Å². The molecule has 0 fully saturated rings. The van der Waals surface area contributed by atoms with Crippen molar-refractivity contribution in [2.45, 2.75) is 13.5 Å². The van der Waals surface area contributed by atoms with Gasteiger partial charge in [0.1, 0.15) is 17.4 Å². The van der Waals surface area contributed by atoms with Crippen molar-refractivity contribution in [2.24, 2.45) is 5.92 Å². The van der Waals surface area contributed by atoms with Crippen molar-refractivity contribution in [3.8, 4) is 23.4 Å².